The minimum atomic E-state index is -0.807. The summed E-state index contributed by atoms with van der Waals surface area (Å²) in [5.41, 5.74) is 1.93. The van der Waals surface area contributed by atoms with E-state index < -0.39 is 11.9 Å². The molecule has 1 aromatic rings. The number of hydrogen-bond donors (Lipinski definition) is 3. The van der Waals surface area contributed by atoms with Gasteiger partial charge < -0.3 is 15.5 Å². The molecule has 1 aromatic carbocycles. The predicted octanol–water partition coefficient (Wildman–Crippen LogP) is 1.35. The van der Waals surface area contributed by atoms with Gasteiger partial charge in [0.25, 0.3) is 0 Å². The van der Waals surface area contributed by atoms with E-state index in [4.69, 9.17) is 10.2 Å². The monoisotopic (exact) mass is 237 g/mol. The number of aliphatic carboxylic acids is 1. The Morgan fingerprint density at radius 1 is 1.35 bits per heavy atom. The second-order valence-electron chi connectivity index (χ2n) is 4.06. The van der Waals surface area contributed by atoms with Crippen LogP contribution in [0.4, 0.5) is 0 Å². The summed E-state index contributed by atoms with van der Waals surface area (Å²) in [7, 11) is 0. The van der Waals surface area contributed by atoms with Gasteiger partial charge in [-0.05, 0) is 31.0 Å². The van der Waals surface area contributed by atoms with Crippen molar-refractivity contribution in [1.29, 1.82) is 0 Å². The van der Waals surface area contributed by atoms with Crippen molar-refractivity contribution in [3.05, 3.63) is 35.4 Å². The Morgan fingerprint density at radius 3 is 2.53 bits per heavy atom. The van der Waals surface area contributed by atoms with Crippen molar-refractivity contribution in [2.75, 3.05) is 13.2 Å². The van der Waals surface area contributed by atoms with E-state index in [-0.39, 0.29) is 6.61 Å². The van der Waals surface area contributed by atoms with Crippen LogP contribution in [-0.2, 0) is 11.3 Å². The first-order valence-corrected chi connectivity index (χ1v) is 5.78. The van der Waals surface area contributed by atoms with Crippen molar-refractivity contribution in [2.24, 2.45) is 0 Å². The fourth-order valence-corrected chi connectivity index (χ4v) is 1.50. The van der Waals surface area contributed by atoms with E-state index in [2.05, 4.69) is 5.32 Å². The molecule has 4 heteroatoms. The maximum atomic E-state index is 10.8. The Hall–Kier alpha value is -1.39. The fourth-order valence-electron chi connectivity index (χ4n) is 1.50. The van der Waals surface area contributed by atoms with Crippen molar-refractivity contribution in [1.82, 2.24) is 5.32 Å². The number of rotatable bonds is 7. The fraction of sp³-hybridized carbons (Fsp3) is 0.462. The number of carboxylic acid groups (broad SMARTS) is 1. The molecule has 0 aromatic heterocycles. The number of carbonyl (C=O) groups is 1. The lowest BCUT2D eigenvalue weighted by Gasteiger charge is -2.08. The Kier molecular flexibility index (Phi) is 5.66. The van der Waals surface area contributed by atoms with Gasteiger partial charge in [0.1, 0.15) is 0 Å². The number of benzene rings is 1. The van der Waals surface area contributed by atoms with E-state index in [0.29, 0.717) is 0 Å². The average Bonchev–Trinajstić information content (AvgIpc) is 2.34. The molecule has 94 valence electrons. The van der Waals surface area contributed by atoms with Crippen LogP contribution in [0.5, 0.6) is 0 Å². The first-order chi connectivity index (χ1) is 8.15. The average molecular weight is 237 g/mol. The molecule has 0 bridgehead atoms. The zero-order chi connectivity index (χ0) is 12.7. The minimum Gasteiger partial charge on any atom is -0.481 e. The molecule has 0 aliphatic carbocycles. The number of aliphatic hydroxyl groups excluding tert-OH is 1. The topological polar surface area (TPSA) is 69.6 Å². The first-order valence-electron chi connectivity index (χ1n) is 5.78. The molecule has 1 unspecified atom stereocenters. The van der Waals surface area contributed by atoms with Crippen LogP contribution < -0.4 is 5.32 Å². The summed E-state index contributed by atoms with van der Waals surface area (Å²) in [5.74, 6) is -1.27. The smallest absolute Gasteiger partial charge is 0.310 e. The molecule has 0 amide bonds. The summed E-state index contributed by atoms with van der Waals surface area (Å²) >= 11 is 0. The number of hydrogen-bond acceptors (Lipinski definition) is 3. The van der Waals surface area contributed by atoms with Crippen LogP contribution >= 0.6 is 0 Å². The molecular formula is C13H19NO3. The van der Waals surface area contributed by atoms with Gasteiger partial charge >= 0.3 is 5.97 Å². The van der Waals surface area contributed by atoms with Crippen LogP contribution in [0, 0.1) is 0 Å². The Bertz CT molecular complexity index is 348. The van der Waals surface area contributed by atoms with E-state index in [1.54, 1.807) is 6.92 Å². The lowest BCUT2D eigenvalue weighted by molar-refractivity contribution is -0.138. The molecule has 1 rings (SSSR count). The summed E-state index contributed by atoms with van der Waals surface area (Å²) in [6.07, 6.45) is 0.744. The molecule has 1 atom stereocenters. The lowest BCUT2D eigenvalue weighted by atomic mass is 10.0. The molecule has 0 spiro atoms. The molecule has 17 heavy (non-hydrogen) atoms. The Balaban J connectivity index is 2.47. The summed E-state index contributed by atoms with van der Waals surface area (Å²) in [5, 5.41) is 20.7. The highest BCUT2D eigenvalue weighted by atomic mass is 16.4. The zero-order valence-corrected chi connectivity index (χ0v) is 10.0. The summed E-state index contributed by atoms with van der Waals surface area (Å²) in [6.45, 7) is 3.39. The zero-order valence-electron chi connectivity index (χ0n) is 10.0. The maximum absolute atomic E-state index is 10.8. The van der Waals surface area contributed by atoms with E-state index in [9.17, 15) is 4.79 Å². The third kappa shape index (κ3) is 4.54. The van der Waals surface area contributed by atoms with Crippen LogP contribution in [0.15, 0.2) is 24.3 Å². The van der Waals surface area contributed by atoms with Crippen molar-refractivity contribution in [2.45, 2.75) is 25.8 Å². The number of aliphatic hydroxyl groups is 1. The van der Waals surface area contributed by atoms with Gasteiger partial charge in [0.2, 0.25) is 0 Å². The molecule has 0 aliphatic heterocycles. The predicted molar refractivity (Wildman–Crippen MR) is 65.9 cm³/mol. The molecule has 0 saturated heterocycles. The van der Waals surface area contributed by atoms with Crippen LogP contribution in [0.2, 0.25) is 0 Å². The Morgan fingerprint density at radius 2 is 2.00 bits per heavy atom. The Labute approximate surface area is 101 Å². The normalized spacial score (nSPS) is 12.4. The van der Waals surface area contributed by atoms with E-state index in [0.717, 1.165) is 30.6 Å². The molecule has 0 fully saturated rings. The van der Waals surface area contributed by atoms with Crippen molar-refractivity contribution >= 4 is 5.97 Å². The third-order valence-corrected chi connectivity index (χ3v) is 2.69. The molecule has 0 heterocycles. The van der Waals surface area contributed by atoms with Crippen molar-refractivity contribution in [3.8, 4) is 0 Å². The second kappa shape index (κ2) is 7.04. The highest BCUT2D eigenvalue weighted by molar-refractivity contribution is 5.75. The van der Waals surface area contributed by atoms with Crippen molar-refractivity contribution < 1.29 is 15.0 Å². The van der Waals surface area contributed by atoms with Gasteiger partial charge in [0.15, 0.2) is 0 Å². The molecule has 4 nitrogen and oxygen atoms in total. The molecule has 0 radical (unpaired) electrons. The molecule has 0 saturated carbocycles. The first kappa shape index (κ1) is 13.7. The van der Waals surface area contributed by atoms with E-state index in [1.165, 1.54) is 0 Å². The van der Waals surface area contributed by atoms with Crippen LogP contribution in [0.25, 0.3) is 0 Å². The summed E-state index contributed by atoms with van der Waals surface area (Å²) in [6, 6.07) is 7.56. The van der Waals surface area contributed by atoms with E-state index >= 15 is 0 Å². The number of carboxylic acids is 1. The highest BCUT2D eigenvalue weighted by Gasteiger charge is 2.12. The largest absolute Gasteiger partial charge is 0.481 e. The van der Waals surface area contributed by atoms with Gasteiger partial charge in [-0.2, -0.15) is 0 Å². The SMILES string of the molecule is CC(C(=O)O)c1ccc(CNCCCO)cc1. The second-order valence-corrected chi connectivity index (χ2v) is 4.06. The standard InChI is InChI=1S/C13H19NO3/c1-10(13(16)17)12-5-3-11(4-6-12)9-14-7-2-8-15/h3-6,10,14-15H,2,7-9H2,1H3,(H,16,17). The van der Waals surface area contributed by atoms with Gasteiger partial charge in [-0.15, -0.1) is 0 Å². The summed E-state index contributed by atoms with van der Waals surface area (Å²) in [4.78, 5) is 10.8. The van der Waals surface area contributed by atoms with Crippen LogP contribution in [0.1, 0.15) is 30.4 Å². The van der Waals surface area contributed by atoms with Gasteiger partial charge in [0, 0.05) is 13.2 Å². The van der Waals surface area contributed by atoms with Gasteiger partial charge in [0.05, 0.1) is 5.92 Å². The van der Waals surface area contributed by atoms with Crippen LogP contribution in [-0.4, -0.2) is 29.3 Å². The molecular weight excluding hydrogens is 218 g/mol. The lowest BCUT2D eigenvalue weighted by Crippen LogP contribution is -2.15. The number of nitrogens with one attached hydrogen (secondary N) is 1. The molecule has 0 aliphatic rings. The van der Waals surface area contributed by atoms with Gasteiger partial charge in [-0.1, -0.05) is 24.3 Å². The molecule has 3 N–H and O–H groups in total. The van der Waals surface area contributed by atoms with E-state index in [1.807, 2.05) is 24.3 Å². The highest BCUT2D eigenvalue weighted by Crippen LogP contribution is 2.15. The minimum absolute atomic E-state index is 0.196. The van der Waals surface area contributed by atoms with Gasteiger partial charge in [-0.25, -0.2) is 0 Å². The quantitative estimate of drug-likeness (QED) is 0.626. The summed E-state index contributed by atoms with van der Waals surface area (Å²) < 4.78 is 0. The third-order valence-electron chi connectivity index (χ3n) is 2.69. The van der Waals surface area contributed by atoms with Gasteiger partial charge in [-0.3, -0.25) is 4.79 Å². The van der Waals surface area contributed by atoms with Crippen LogP contribution in [0.3, 0.4) is 0 Å². The van der Waals surface area contributed by atoms with Crippen molar-refractivity contribution in [3.63, 3.8) is 0 Å². The maximum Gasteiger partial charge on any atom is 0.310 e.